The SMILES string of the molecule is COc1c(O)cc(C(C)(C)C)cc1C(C)(C)CC(=O)O. The molecule has 4 nitrogen and oxygen atoms in total. The normalized spacial score (nSPS) is 12.3. The molecule has 0 aliphatic heterocycles. The van der Waals surface area contributed by atoms with Gasteiger partial charge in [-0.3, -0.25) is 4.79 Å². The average molecular weight is 280 g/mol. The molecule has 0 atom stereocenters. The zero-order valence-electron chi connectivity index (χ0n) is 13.1. The molecule has 0 saturated carbocycles. The number of hydrogen-bond acceptors (Lipinski definition) is 3. The highest BCUT2D eigenvalue weighted by atomic mass is 16.5. The Morgan fingerprint density at radius 3 is 2.15 bits per heavy atom. The number of aromatic hydroxyl groups is 1. The van der Waals surface area contributed by atoms with E-state index >= 15 is 0 Å². The Bertz CT molecular complexity index is 510. The van der Waals surface area contributed by atoms with Crippen LogP contribution in [-0.4, -0.2) is 23.3 Å². The van der Waals surface area contributed by atoms with Gasteiger partial charge in [0, 0.05) is 11.0 Å². The largest absolute Gasteiger partial charge is 0.504 e. The number of carboxylic acids is 1. The van der Waals surface area contributed by atoms with E-state index in [1.165, 1.54) is 7.11 Å². The van der Waals surface area contributed by atoms with Crippen LogP contribution in [0.4, 0.5) is 0 Å². The lowest BCUT2D eigenvalue weighted by Gasteiger charge is -2.29. The maximum atomic E-state index is 11.1. The van der Waals surface area contributed by atoms with Gasteiger partial charge < -0.3 is 14.9 Å². The quantitative estimate of drug-likeness (QED) is 0.886. The van der Waals surface area contributed by atoms with Crippen molar-refractivity contribution in [1.29, 1.82) is 0 Å². The van der Waals surface area contributed by atoms with Gasteiger partial charge in [-0.1, -0.05) is 40.7 Å². The third-order valence-electron chi connectivity index (χ3n) is 3.46. The summed E-state index contributed by atoms with van der Waals surface area (Å²) in [6.45, 7) is 9.81. The van der Waals surface area contributed by atoms with E-state index in [-0.39, 0.29) is 17.6 Å². The van der Waals surface area contributed by atoms with Crippen molar-refractivity contribution >= 4 is 5.97 Å². The standard InChI is InChI=1S/C16H24O4/c1-15(2,3)10-7-11(14(20-6)12(17)8-10)16(4,5)9-13(18)19/h7-8,17H,9H2,1-6H3,(H,18,19). The number of hydrogen-bond donors (Lipinski definition) is 2. The first-order valence-electron chi connectivity index (χ1n) is 6.63. The summed E-state index contributed by atoms with van der Waals surface area (Å²) < 4.78 is 5.27. The van der Waals surface area contributed by atoms with Gasteiger partial charge in [0.15, 0.2) is 11.5 Å². The molecule has 0 saturated heterocycles. The molecule has 0 fully saturated rings. The van der Waals surface area contributed by atoms with E-state index in [1.54, 1.807) is 6.07 Å². The van der Waals surface area contributed by atoms with Crippen LogP contribution >= 0.6 is 0 Å². The molecule has 0 aromatic heterocycles. The predicted molar refractivity (Wildman–Crippen MR) is 78.6 cm³/mol. The topological polar surface area (TPSA) is 66.8 Å². The zero-order chi connectivity index (χ0) is 15.7. The summed E-state index contributed by atoms with van der Waals surface area (Å²) in [7, 11) is 1.48. The molecular formula is C16H24O4. The van der Waals surface area contributed by atoms with Crippen molar-refractivity contribution in [3.8, 4) is 11.5 Å². The zero-order valence-corrected chi connectivity index (χ0v) is 13.1. The Morgan fingerprint density at radius 2 is 1.75 bits per heavy atom. The molecule has 0 unspecified atom stereocenters. The van der Waals surface area contributed by atoms with Gasteiger partial charge in [-0.2, -0.15) is 0 Å². The number of aliphatic carboxylic acids is 1. The van der Waals surface area contributed by atoms with Gasteiger partial charge in [-0.25, -0.2) is 0 Å². The summed E-state index contributed by atoms with van der Waals surface area (Å²) in [4.78, 5) is 11.1. The van der Waals surface area contributed by atoms with E-state index in [2.05, 4.69) is 0 Å². The molecule has 1 aromatic carbocycles. The lowest BCUT2D eigenvalue weighted by molar-refractivity contribution is -0.138. The van der Waals surface area contributed by atoms with Gasteiger partial charge in [-0.15, -0.1) is 0 Å². The van der Waals surface area contributed by atoms with Crippen molar-refractivity contribution in [3.05, 3.63) is 23.3 Å². The van der Waals surface area contributed by atoms with E-state index in [0.717, 1.165) is 5.56 Å². The number of rotatable bonds is 4. The van der Waals surface area contributed by atoms with Crippen LogP contribution in [0.1, 0.15) is 52.2 Å². The van der Waals surface area contributed by atoms with Crippen LogP contribution in [0.25, 0.3) is 0 Å². The van der Waals surface area contributed by atoms with Crippen LogP contribution in [0.2, 0.25) is 0 Å². The molecule has 112 valence electrons. The molecule has 0 radical (unpaired) electrons. The van der Waals surface area contributed by atoms with E-state index in [0.29, 0.717) is 11.3 Å². The molecule has 0 aliphatic carbocycles. The maximum absolute atomic E-state index is 11.1. The molecule has 0 amide bonds. The van der Waals surface area contributed by atoms with Crippen molar-refractivity contribution in [2.45, 2.75) is 51.9 Å². The van der Waals surface area contributed by atoms with Crippen molar-refractivity contribution in [1.82, 2.24) is 0 Å². The van der Waals surface area contributed by atoms with E-state index in [9.17, 15) is 9.90 Å². The number of carboxylic acid groups (broad SMARTS) is 1. The second-order valence-electron chi connectivity index (χ2n) is 6.78. The number of ether oxygens (including phenoxy) is 1. The Hall–Kier alpha value is -1.71. The van der Waals surface area contributed by atoms with E-state index in [1.807, 2.05) is 40.7 Å². The smallest absolute Gasteiger partial charge is 0.304 e. The predicted octanol–water partition coefficient (Wildman–Crippen LogP) is 3.45. The minimum atomic E-state index is -0.877. The average Bonchev–Trinajstić information content (AvgIpc) is 2.24. The number of phenolic OH excluding ortho intramolecular Hbond substituents is 1. The van der Waals surface area contributed by atoms with Gasteiger partial charge in [-0.05, 0) is 17.0 Å². The fourth-order valence-electron chi connectivity index (χ4n) is 2.24. The van der Waals surface area contributed by atoms with Crippen LogP contribution in [0.15, 0.2) is 12.1 Å². The monoisotopic (exact) mass is 280 g/mol. The third-order valence-corrected chi connectivity index (χ3v) is 3.46. The van der Waals surface area contributed by atoms with Crippen molar-refractivity contribution in [2.24, 2.45) is 0 Å². The molecule has 0 aliphatic rings. The molecule has 0 spiro atoms. The lowest BCUT2D eigenvalue weighted by Crippen LogP contribution is -2.24. The van der Waals surface area contributed by atoms with Crippen LogP contribution < -0.4 is 4.74 Å². The Balaban J connectivity index is 3.50. The summed E-state index contributed by atoms with van der Waals surface area (Å²) >= 11 is 0. The fraction of sp³-hybridized carbons (Fsp3) is 0.562. The number of phenols is 1. The van der Waals surface area contributed by atoms with Gasteiger partial charge in [0.1, 0.15) is 0 Å². The first-order chi connectivity index (χ1) is 8.99. The van der Waals surface area contributed by atoms with Crippen molar-refractivity contribution in [2.75, 3.05) is 7.11 Å². The highest BCUT2D eigenvalue weighted by molar-refractivity contribution is 5.69. The molecule has 0 heterocycles. The Kier molecular flexibility index (Phi) is 4.37. The minimum Gasteiger partial charge on any atom is -0.504 e. The van der Waals surface area contributed by atoms with Crippen molar-refractivity contribution in [3.63, 3.8) is 0 Å². The molecule has 1 rings (SSSR count). The Morgan fingerprint density at radius 1 is 1.20 bits per heavy atom. The molecule has 4 heteroatoms. The molecule has 20 heavy (non-hydrogen) atoms. The first kappa shape index (κ1) is 16.3. The summed E-state index contributed by atoms with van der Waals surface area (Å²) in [5, 5.41) is 19.2. The van der Waals surface area contributed by atoms with Crippen LogP contribution in [0.5, 0.6) is 11.5 Å². The van der Waals surface area contributed by atoms with E-state index in [4.69, 9.17) is 9.84 Å². The van der Waals surface area contributed by atoms with Gasteiger partial charge >= 0.3 is 5.97 Å². The third kappa shape index (κ3) is 3.44. The summed E-state index contributed by atoms with van der Waals surface area (Å²) in [5.41, 5.74) is 0.893. The van der Waals surface area contributed by atoms with Crippen LogP contribution in [0.3, 0.4) is 0 Å². The van der Waals surface area contributed by atoms with Gasteiger partial charge in [0.25, 0.3) is 0 Å². The number of benzene rings is 1. The van der Waals surface area contributed by atoms with Gasteiger partial charge in [0.2, 0.25) is 0 Å². The highest BCUT2D eigenvalue weighted by Crippen LogP contribution is 2.42. The second kappa shape index (κ2) is 5.35. The number of methoxy groups -OCH3 is 1. The summed E-state index contributed by atoms with van der Waals surface area (Å²) in [5.74, 6) is -0.477. The van der Waals surface area contributed by atoms with Crippen molar-refractivity contribution < 1.29 is 19.7 Å². The lowest BCUT2D eigenvalue weighted by atomic mass is 9.77. The van der Waals surface area contributed by atoms with E-state index < -0.39 is 11.4 Å². The van der Waals surface area contributed by atoms with Crippen LogP contribution in [0, 0.1) is 0 Å². The Labute approximate surface area is 120 Å². The second-order valence-corrected chi connectivity index (χ2v) is 6.78. The fourth-order valence-corrected chi connectivity index (χ4v) is 2.24. The van der Waals surface area contributed by atoms with Gasteiger partial charge in [0.05, 0.1) is 13.5 Å². The summed E-state index contributed by atoms with van der Waals surface area (Å²) in [6, 6.07) is 3.61. The van der Waals surface area contributed by atoms with Crippen LogP contribution in [-0.2, 0) is 15.6 Å². The first-order valence-corrected chi connectivity index (χ1v) is 6.63. The highest BCUT2D eigenvalue weighted by Gasteiger charge is 2.31. The molecular weight excluding hydrogens is 256 g/mol. The maximum Gasteiger partial charge on any atom is 0.304 e. The molecule has 2 N–H and O–H groups in total. The summed E-state index contributed by atoms with van der Waals surface area (Å²) in [6.07, 6.45) is -0.0314. The minimum absolute atomic E-state index is 0.0314. The number of carbonyl (C=O) groups is 1. The molecule has 1 aromatic rings. The molecule has 0 bridgehead atoms.